The maximum atomic E-state index is 7.88. The molecule has 0 amide bonds. The Morgan fingerprint density at radius 1 is 0.545 bits per heavy atom. The van der Waals surface area contributed by atoms with Crippen LogP contribution in [0.4, 0.5) is 0 Å². The van der Waals surface area contributed by atoms with Gasteiger partial charge in [-0.25, -0.2) is 0 Å². The van der Waals surface area contributed by atoms with Crippen molar-refractivity contribution >= 4 is 48.9 Å². The van der Waals surface area contributed by atoms with Gasteiger partial charge < -0.3 is 46.7 Å². The van der Waals surface area contributed by atoms with Crippen LogP contribution in [0.15, 0.2) is 0 Å². The van der Waals surface area contributed by atoms with Crippen molar-refractivity contribution in [2.75, 3.05) is 0 Å². The van der Waals surface area contributed by atoms with E-state index in [1.165, 1.54) is 0 Å². The van der Waals surface area contributed by atoms with Crippen LogP contribution in [0.1, 0.15) is 0 Å². The summed E-state index contributed by atoms with van der Waals surface area (Å²) in [6.07, 6.45) is 0. The number of hydrogen-bond acceptors (Lipinski definition) is 9. The second-order valence-corrected chi connectivity index (χ2v) is 0.204. The van der Waals surface area contributed by atoms with E-state index >= 15 is 0 Å². The Balaban J connectivity index is -0.0000000150. The summed E-state index contributed by atoms with van der Waals surface area (Å²) in [6, 6.07) is 0. The van der Waals surface area contributed by atoms with Crippen LogP contribution in [-0.4, -0.2) is 48.9 Å². The Hall–Kier alpha value is 1.93. The van der Waals surface area contributed by atoms with Gasteiger partial charge in [-0.05, 0) is 0 Å². The molecule has 0 spiro atoms. The summed E-state index contributed by atoms with van der Waals surface area (Å²) in [5, 5.41) is 52.5. The van der Waals surface area contributed by atoms with E-state index in [1.54, 1.807) is 15.1 Å². The minimum Gasteiger partial charge on any atom is -0.734 e. The summed E-state index contributed by atoms with van der Waals surface area (Å²) in [5.74, 6) is 0. The van der Waals surface area contributed by atoms with E-state index in [0.717, 1.165) is 0 Å². The fourth-order valence-electron chi connectivity index (χ4n) is 0. The largest absolute Gasteiger partial charge is 4.00 e. The molecule has 0 heterocycles. The minimum absolute atomic E-state index is 0. The van der Waals surface area contributed by atoms with Gasteiger partial charge in [-0.2, -0.15) is 0 Å². The van der Waals surface area contributed by atoms with Crippen LogP contribution in [-0.2, 0) is 36.8 Å². The van der Waals surface area contributed by atoms with E-state index in [4.69, 9.17) is 31.5 Å². The topological polar surface area (TPSA) is 166 Å². The molecule has 0 aliphatic carbocycles. The molecular formula is BaO9Ti. The second-order valence-electron chi connectivity index (χ2n) is 0.204. The molecule has 11 heteroatoms. The smallest absolute Gasteiger partial charge is 0.734 e. The molecule has 11 heavy (non-hydrogen) atoms. The Bertz CT molecular complexity index is 14.3. The molecule has 0 aliphatic rings. The van der Waals surface area contributed by atoms with Crippen LogP contribution in [0.25, 0.3) is 0 Å². The third kappa shape index (κ3) is 317. The molecule has 0 radical (unpaired) electrons. The van der Waals surface area contributed by atoms with Crippen LogP contribution in [0, 0.1) is 0 Å². The summed E-state index contributed by atoms with van der Waals surface area (Å²) in [6.45, 7) is 0. The molecular weight excluding hydrogens is 329 g/mol. The zero-order chi connectivity index (χ0) is 8.12. The molecule has 0 aromatic heterocycles. The molecule has 60 valence electrons. The predicted molar refractivity (Wildman–Crippen MR) is 9.01 cm³/mol. The second kappa shape index (κ2) is 58.7. The zero-order valence-corrected chi connectivity index (χ0v) is 10.9. The van der Waals surface area contributed by atoms with Gasteiger partial charge in [0, 0.05) is 0 Å². The molecule has 0 N–H and O–H groups in total. The van der Waals surface area contributed by atoms with Crippen molar-refractivity contribution in [1.29, 1.82) is 0 Å². The first-order chi connectivity index (χ1) is 4.24. The standard InChI is InChI=1S/Ba.3H2O3.Ti/c;3*1-3-2;/h;3*1-2H;/q+2;;;;+4/p-6. The fourth-order valence-corrected chi connectivity index (χ4v) is 0. The first-order valence-corrected chi connectivity index (χ1v) is 1.00. The van der Waals surface area contributed by atoms with Gasteiger partial charge in [0.15, 0.2) is 0 Å². The molecule has 0 unspecified atom stereocenters. The van der Waals surface area contributed by atoms with Gasteiger partial charge in [-0.15, -0.1) is 0 Å². The van der Waals surface area contributed by atoms with Gasteiger partial charge in [0.05, 0.1) is 0 Å². The Morgan fingerprint density at radius 2 is 0.545 bits per heavy atom. The summed E-state index contributed by atoms with van der Waals surface area (Å²) >= 11 is 0. The van der Waals surface area contributed by atoms with E-state index < -0.39 is 0 Å². The minimum atomic E-state index is 0. The van der Waals surface area contributed by atoms with Crippen molar-refractivity contribution in [3.63, 3.8) is 0 Å². The normalized spacial score (nSPS) is 4.91. The van der Waals surface area contributed by atoms with Crippen molar-refractivity contribution in [1.82, 2.24) is 0 Å². The SMILES string of the molecule is [Ba+2].[O-]O[O-].[O-]O[O-].[O-]O[O-].[Ti+4]. The van der Waals surface area contributed by atoms with Crippen LogP contribution in [0.3, 0.4) is 0 Å². The molecule has 0 bridgehead atoms. The molecule has 0 atom stereocenters. The van der Waals surface area contributed by atoms with Gasteiger partial charge >= 0.3 is 70.6 Å². The third-order valence-corrected chi connectivity index (χ3v) is 0. The maximum absolute atomic E-state index is 7.88. The van der Waals surface area contributed by atoms with Gasteiger partial charge in [-0.1, -0.05) is 0 Å². The van der Waals surface area contributed by atoms with E-state index in [9.17, 15) is 0 Å². The molecule has 0 saturated heterocycles. The van der Waals surface area contributed by atoms with Gasteiger partial charge in [0.2, 0.25) is 0 Å². The van der Waals surface area contributed by atoms with Gasteiger partial charge in [-0.3, -0.25) is 0 Å². The summed E-state index contributed by atoms with van der Waals surface area (Å²) in [5.41, 5.74) is 0. The summed E-state index contributed by atoms with van der Waals surface area (Å²) in [4.78, 5) is 0. The van der Waals surface area contributed by atoms with Gasteiger partial charge in [0.25, 0.3) is 0 Å². The van der Waals surface area contributed by atoms with Crippen LogP contribution < -0.4 is 31.5 Å². The van der Waals surface area contributed by atoms with Gasteiger partial charge in [0.1, 0.15) is 0 Å². The molecule has 0 aliphatic heterocycles. The van der Waals surface area contributed by atoms with Crippen molar-refractivity contribution in [3.8, 4) is 0 Å². The van der Waals surface area contributed by atoms with Crippen LogP contribution in [0.2, 0.25) is 0 Å². The number of rotatable bonds is 0. The Morgan fingerprint density at radius 3 is 0.545 bits per heavy atom. The summed E-state index contributed by atoms with van der Waals surface area (Å²) in [7, 11) is 0. The first-order valence-electron chi connectivity index (χ1n) is 1.00. The van der Waals surface area contributed by atoms with E-state index in [1.807, 2.05) is 0 Å². The molecule has 0 saturated carbocycles. The fraction of sp³-hybridized carbons (Fsp3) is 0. The van der Waals surface area contributed by atoms with Crippen LogP contribution in [0.5, 0.6) is 0 Å². The predicted octanol–water partition coefficient (Wildman–Crippen LogP) is -7.72. The quantitative estimate of drug-likeness (QED) is 0.238. The Labute approximate surface area is 116 Å². The average Bonchev–Trinajstić information content (AvgIpc) is 1.70. The average molecular weight is 329 g/mol. The first kappa shape index (κ1) is 29.3. The molecule has 0 aromatic carbocycles. The van der Waals surface area contributed by atoms with E-state index in [-0.39, 0.29) is 70.6 Å². The summed E-state index contributed by atoms with van der Waals surface area (Å²) < 4.78 is 0. The molecule has 9 nitrogen and oxygen atoms in total. The zero-order valence-electron chi connectivity index (χ0n) is 4.88. The molecule has 0 fully saturated rings. The third-order valence-electron chi connectivity index (χ3n) is 0. The van der Waals surface area contributed by atoms with E-state index in [2.05, 4.69) is 0 Å². The van der Waals surface area contributed by atoms with Crippen molar-refractivity contribution in [3.05, 3.63) is 0 Å². The maximum Gasteiger partial charge on any atom is 4.00 e. The molecule has 0 rings (SSSR count). The van der Waals surface area contributed by atoms with Crippen molar-refractivity contribution < 1.29 is 68.4 Å². The monoisotopic (exact) mass is 330 g/mol. The Kier molecular flexibility index (Phi) is 156. The van der Waals surface area contributed by atoms with E-state index in [0.29, 0.717) is 0 Å². The van der Waals surface area contributed by atoms with Crippen molar-refractivity contribution in [2.45, 2.75) is 0 Å². The van der Waals surface area contributed by atoms with Crippen molar-refractivity contribution in [2.24, 2.45) is 0 Å². The van der Waals surface area contributed by atoms with Crippen LogP contribution >= 0.6 is 0 Å². The number of hydrogen-bond donors (Lipinski definition) is 0. The molecule has 0 aromatic rings.